The second-order valence-electron chi connectivity index (χ2n) is 4.06. The highest BCUT2D eigenvalue weighted by atomic mass is 35.5. The topological polar surface area (TPSA) is 50.2 Å². The average Bonchev–Trinajstić information content (AvgIpc) is 2.27. The van der Waals surface area contributed by atoms with Gasteiger partial charge in [0, 0.05) is 5.39 Å². The third-order valence-electron chi connectivity index (χ3n) is 2.81. The van der Waals surface area contributed by atoms with Gasteiger partial charge in [0.15, 0.2) is 0 Å². The standard InChI is InChI=1S/C13H12ClNO2/c1-7-6-9-4-3-5-10(14)12(9)15-11(7)8(2)13(16)17/h3-6,8H,1-2H3,(H,16,17). The molecule has 0 saturated carbocycles. The van der Waals surface area contributed by atoms with Crippen molar-refractivity contribution >= 4 is 28.5 Å². The highest BCUT2D eigenvalue weighted by Crippen LogP contribution is 2.26. The minimum atomic E-state index is -0.882. The van der Waals surface area contributed by atoms with Gasteiger partial charge < -0.3 is 5.11 Å². The molecule has 0 amide bonds. The van der Waals surface area contributed by atoms with E-state index in [2.05, 4.69) is 4.98 Å². The molecule has 1 N–H and O–H groups in total. The summed E-state index contributed by atoms with van der Waals surface area (Å²) in [5.74, 6) is -1.51. The maximum absolute atomic E-state index is 11.0. The van der Waals surface area contributed by atoms with Crippen molar-refractivity contribution in [2.75, 3.05) is 0 Å². The molecule has 4 heteroatoms. The molecule has 0 radical (unpaired) electrons. The molecular weight excluding hydrogens is 238 g/mol. The van der Waals surface area contributed by atoms with Crippen LogP contribution in [0.2, 0.25) is 5.02 Å². The molecule has 1 aromatic heterocycles. The number of carboxylic acid groups (broad SMARTS) is 1. The second-order valence-corrected chi connectivity index (χ2v) is 4.47. The summed E-state index contributed by atoms with van der Waals surface area (Å²) in [6.07, 6.45) is 0. The van der Waals surface area contributed by atoms with Crippen LogP contribution in [-0.2, 0) is 4.79 Å². The number of carbonyl (C=O) groups is 1. The van der Waals surface area contributed by atoms with Crippen molar-refractivity contribution in [3.63, 3.8) is 0 Å². The van der Waals surface area contributed by atoms with Gasteiger partial charge in [0.1, 0.15) is 0 Å². The molecule has 3 nitrogen and oxygen atoms in total. The molecule has 1 unspecified atom stereocenters. The lowest BCUT2D eigenvalue weighted by Crippen LogP contribution is -2.11. The Morgan fingerprint density at radius 1 is 1.47 bits per heavy atom. The van der Waals surface area contributed by atoms with E-state index in [4.69, 9.17) is 16.7 Å². The average molecular weight is 250 g/mol. The number of pyridine rings is 1. The highest BCUT2D eigenvalue weighted by Gasteiger charge is 2.18. The third kappa shape index (κ3) is 2.11. The lowest BCUT2D eigenvalue weighted by atomic mass is 10.0. The van der Waals surface area contributed by atoms with Crippen LogP contribution in [0.5, 0.6) is 0 Å². The van der Waals surface area contributed by atoms with Crippen LogP contribution in [0.3, 0.4) is 0 Å². The molecule has 2 aromatic rings. The van der Waals surface area contributed by atoms with E-state index in [0.717, 1.165) is 10.9 Å². The number of aryl methyl sites for hydroxylation is 1. The Balaban J connectivity index is 2.70. The van der Waals surface area contributed by atoms with E-state index in [-0.39, 0.29) is 0 Å². The smallest absolute Gasteiger partial charge is 0.312 e. The van der Waals surface area contributed by atoms with Gasteiger partial charge in [-0.2, -0.15) is 0 Å². The molecule has 1 heterocycles. The first-order valence-electron chi connectivity index (χ1n) is 5.29. The first-order valence-corrected chi connectivity index (χ1v) is 5.67. The minimum absolute atomic E-state index is 0.543. The molecule has 1 atom stereocenters. The van der Waals surface area contributed by atoms with Crippen molar-refractivity contribution in [2.45, 2.75) is 19.8 Å². The van der Waals surface area contributed by atoms with Gasteiger partial charge in [-0.05, 0) is 31.5 Å². The summed E-state index contributed by atoms with van der Waals surface area (Å²) >= 11 is 6.06. The number of hydrogen-bond donors (Lipinski definition) is 1. The number of aliphatic carboxylic acids is 1. The quantitative estimate of drug-likeness (QED) is 0.888. The zero-order valence-electron chi connectivity index (χ0n) is 9.57. The summed E-state index contributed by atoms with van der Waals surface area (Å²) in [7, 11) is 0. The number of benzene rings is 1. The summed E-state index contributed by atoms with van der Waals surface area (Å²) in [6, 6.07) is 7.44. The molecular formula is C13H12ClNO2. The molecule has 0 aliphatic heterocycles. The van der Waals surface area contributed by atoms with Crippen molar-refractivity contribution in [3.05, 3.63) is 40.5 Å². The number of aromatic nitrogens is 1. The van der Waals surface area contributed by atoms with Gasteiger partial charge in [-0.25, -0.2) is 0 Å². The van der Waals surface area contributed by atoms with Gasteiger partial charge in [-0.3, -0.25) is 9.78 Å². The van der Waals surface area contributed by atoms with Crippen molar-refractivity contribution in [3.8, 4) is 0 Å². The van der Waals surface area contributed by atoms with Crippen LogP contribution < -0.4 is 0 Å². The minimum Gasteiger partial charge on any atom is -0.481 e. The van der Waals surface area contributed by atoms with E-state index < -0.39 is 11.9 Å². The van der Waals surface area contributed by atoms with Crippen molar-refractivity contribution in [1.82, 2.24) is 4.98 Å². The number of fused-ring (bicyclic) bond motifs is 1. The summed E-state index contributed by atoms with van der Waals surface area (Å²) < 4.78 is 0. The van der Waals surface area contributed by atoms with E-state index >= 15 is 0 Å². The number of halogens is 1. The van der Waals surface area contributed by atoms with Crippen LogP contribution in [0, 0.1) is 6.92 Å². The summed E-state index contributed by atoms with van der Waals surface area (Å²) in [5, 5.41) is 10.5. The molecule has 88 valence electrons. The van der Waals surface area contributed by atoms with Crippen molar-refractivity contribution < 1.29 is 9.90 Å². The normalized spacial score (nSPS) is 12.6. The lowest BCUT2D eigenvalue weighted by Gasteiger charge is -2.11. The van der Waals surface area contributed by atoms with Gasteiger partial charge in [0.2, 0.25) is 0 Å². The predicted octanol–water partition coefficient (Wildman–Crippen LogP) is 3.38. The largest absolute Gasteiger partial charge is 0.481 e. The van der Waals surface area contributed by atoms with Crippen LogP contribution in [0.25, 0.3) is 10.9 Å². The monoisotopic (exact) mass is 249 g/mol. The Morgan fingerprint density at radius 2 is 2.18 bits per heavy atom. The van der Waals surface area contributed by atoms with Crippen LogP contribution in [0.4, 0.5) is 0 Å². The van der Waals surface area contributed by atoms with Gasteiger partial charge in [-0.1, -0.05) is 23.7 Å². The Hall–Kier alpha value is -1.61. The number of rotatable bonds is 2. The van der Waals surface area contributed by atoms with Crippen molar-refractivity contribution in [2.24, 2.45) is 0 Å². The van der Waals surface area contributed by atoms with Crippen molar-refractivity contribution in [1.29, 1.82) is 0 Å². The fourth-order valence-electron chi connectivity index (χ4n) is 1.84. The molecule has 17 heavy (non-hydrogen) atoms. The summed E-state index contributed by atoms with van der Waals surface area (Å²) in [4.78, 5) is 15.4. The fraction of sp³-hybridized carbons (Fsp3) is 0.231. The Bertz CT molecular complexity index is 595. The fourth-order valence-corrected chi connectivity index (χ4v) is 2.06. The maximum Gasteiger partial charge on any atom is 0.312 e. The van der Waals surface area contributed by atoms with Crippen LogP contribution in [0.1, 0.15) is 24.1 Å². The second kappa shape index (κ2) is 4.34. The Labute approximate surface area is 104 Å². The Kier molecular flexibility index (Phi) is 3.03. The summed E-state index contributed by atoms with van der Waals surface area (Å²) in [6.45, 7) is 3.49. The van der Waals surface area contributed by atoms with E-state index in [9.17, 15) is 4.79 Å². The lowest BCUT2D eigenvalue weighted by molar-refractivity contribution is -0.138. The number of carboxylic acids is 1. The first kappa shape index (κ1) is 11.9. The molecule has 0 bridgehead atoms. The Morgan fingerprint density at radius 3 is 2.82 bits per heavy atom. The molecule has 0 spiro atoms. The number of nitrogens with zero attached hydrogens (tertiary/aromatic N) is 1. The summed E-state index contributed by atoms with van der Waals surface area (Å²) in [5.41, 5.74) is 2.09. The molecule has 1 aromatic carbocycles. The third-order valence-corrected chi connectivity index (χ3v) is 3.11. The van der Waals surface area contributed by atoms with E-state index in [0.29, 0.717) is 16.2 Å². The SMILES string of the molecule is Cc1cc2cccc(Cl)c2nc1C(C)C(=O)O. The molecule has 0 saturated heterocycles. The van der Waals surface area contributed by atoms with E-state index in [1.54, 1.807) is 13.0 Å². The predicted molar refractivity (Wildman–Crippen MR) is 67.5 cm³/mol. The zero-order chi connectivity index (χ0) is 12.6. The maximum atomic E-state index is 11.0. The zero-order valence-corrected chi connectivity index (χ0v) is 10.3. The van der Waals surface area contributed by atoms with Crippen LogP contribution in [0.15, 0.2) is 24.3 Å². The van der Waals surface area contributed by atoms with E-state index in [1.165, 1.54) is 0 Å². The number of para-hydroxylation sites is 1. The number of hydrogen-bond acceptors (Lipinski definition) is 2. The van der Waals surface area contributed by atoms with Gasteiger partial charge in [0.05, 0.1) is 22.2 Å². The van der Waals surface area contributed by atoms with E-state index in [1.807, 2.05) is 25.1 Å². The van der Waals surface area contributed by atoms with Crippen LogP contribution >= 0.6 is 11.6 Å². The molecule has 0 aliphatic carbocycles. The van der Waals surface area contributed by atoms with Gasteiger partial charge in [0.25, 0.3) is 0 Å². The molecule has 2 rings (SSSR count). The first-order chi connectivity index (χ1) is 8.00. The van der Waals surface area contributed by atoms with Gasteiger partial charge in [-0.15, -0.1) is 0 Å². The van der Waals surface area contributed by atoms with Crippen LogP contribution in [-0.4, -0.2) is 16.1 Å². The molecule has 0 fully saturated rings. The molecule has 0 aliphatic rings. The van der Waals surface area contributed by atoms with Gasteiger partial charge >= 0.3 is 5.97 Å². The highest BCUT2D eigenvalue weighted by molar-refractivity contribution is 6.35.